The second-order valence-corrected chi connectivity index (χ2v) is 5.69. The normalized spacial score (nSPS) is 12.6. The van der Waals surface area contributed by atoms with Gasteiger partial charge < -0.3 is 15.4 Å². The van der Waals surface area contributed by atoms with Gasteiger partial charge in [-0.05, 0) is 49.2 Å². The average molecular weight is 341 g/mol. The van der Waals surface area contributed by atoms with E-state index in [-0.39, 0.29) is 23.9 Å². The van der Waals surface area contributed by atoms with Crippen LogP contribution in [0.15, 0.2) is 42.5 Å². The Morgan fingerprint density at radius 2 is 1.64 bits per heavy atom. The van der Waals surface area contributed by atoms with Gasteiger partial charge >= 0.3 is 6.03 Å². The van der Waals surface area contributed by atoms with E-state index in [0.29, 0.717) is 11.1 Å². The van der Waals surface area contributed by atoms with Crippen LogP contribution in [-0.4, -0.2) is 13.1 Å². The molecule has 6 heteroatoms. The number of carbonyl (C=O) groups is 1. The Balaban J connectivity index is 1.96. The van der Waals surface area contributed by atoms with Gasteiger partial charge in [0.1, 0.15) is 0 Å². The molecule has 2 atom stereocenters. The third-order valence-electron chi connectivity index (χ3n) is 3.91. The van der Waals surface area contributed by atoms with Crippen LogP contribution in [0.3, 0.4) is 0 Å². The second kappa shape index (κ2) is 8.15. The van der Waals surface area contributed by atoms with Crippen LogP contribution in [-0.2, 0) is 0 Å². The summed E-state index contributed by atoms with van der Waals surface area (Å²) in [6, 6.07) is 12.7. The molecule has 2 amide bonds. The number of benzene rings is 2. The van der Waals surface area contributed by atoms with Crippen LogP contribution in [0.25, 0.3) is 0 Å². The Morgan fingerprint density at radius 3 is 2.16 bits per heavy atom. The molecule has 0 aliphatic rings. The number of ether oxygens (including phenoxy) is 1. The highest BCUT2D eigenvalue weighted by molar-refractivity contribution is 5.75. The third kappa shape index (κ3) is 4.70. The number of urea groups is 1. The second-order valence-electron chi connectivity index (χ2n) is 5.69. The molecule has 0 fully saturated rings. The van der Waals surface area contributed by atoms with E-state index in [1.165, 1.54) is 19.2 Å². The summed E-state index contributed by atoms with van der Waals surface area (Å²) in [5, 5.41) is 14.4. The number of nitrogens with one attached hydrogen (secondary N) is 2. The Hall–Kier alpha value is -3.07. The van der Waals surface area contributed by atoms with Gasteiger partial charge in [0, 0.05) is 0 Å². The maximum atomic E-state index is 13.8. The van der Waals surface area contributed by atoms with Gasteiger partial charge in [-0.2, -0.15) is 5.26 Å². The van der Waals surface area contributed by atoms with Gasteiger partial charge in [-0.25, -0.2) is 9.18 Å². The molecule has 0 saturated heterocycles. The van der Waals surface area contributed by atoms with Crippen LogP contribution >= 0.6 is 0 Å². The topological polar surface area (TPSA) is 74.2 Å². The van der Waals surface area contributed by atoms with Crippen molar-refractivity contribution >= 4 is 6.03 Å². The number of nitriles is 1. The zero-order valence-electron chi connectivity index (χ0n) is 14.3. The highest BCUT2D eigenvalue weighted by atomic mass is 19.1. The van der Waals surface area contributed by atoms with Crippen LogP contribution in [0.4, 0.5) is 9.18 Å². The smallest absolute Gasteiger partial charge is 0.315 e. The van der Waals surface area contributed by atoms with Gasteiger partial charge in [0.25, 0.3) is 0 Å². The third-order valence-corrected chi connectivity index (χ3v) is 3.91. The largest absolute Gasteiger partial charge is 0.494 e. The maximum Gasteiger partial charge on any atom is 0.315 e. The number of rotatable bonds is 5. The molecule has 130 valence electrons. The zero-order chi connectivity index (χ0) is 18.4. The number of hydrogen-bond donors (Lipinski definition) is 2. The lowest BCUT2D eigenvalue weighted by Crippen LogP contribution is -2.38. The van der Waals surface area contributed by atoms with Crippen molar-refractivity contribution in [3.05, 3.63) is 65.0 Å². The van der Waals surface area contributed by atoms with E-state index in [1.807, 2.05) is 6.92 Å². The Labute approximate surface area is 146 Å². The number of carbonyl (C=O) groups excluding carboxylic acids is 1. The van der Waals surface area contributed by atoms with E-state index in [2.05, 4.69) is 16.7 Å². The molecule has 0 aliphatic carbocycles. The lowest BCUT2D eigenvalue weighted by Gasteiger charge is -2.19. The predicted octanol–water partition coefficient (Wildman–Crippen LogP) is 3.83. The van der Waals surface area contributed by atoms with Gasteiger partial charge in [0.05, 0.1) is 30.8 Å². The summed E-state index contributed by atoms with van der Waals surface area (Å²) in [7, 11) is 1.40. The number of methoxy groups -OCH3 is 1. The van der Waals surface area contributed by atoms with Crippen molar-refractivity contribution in [3.8, 4) is 11.8 Å². The molecular formula is C19H20FN3O2. The molecule has 2 N–H and O–H groups in total. The molecule has 0 heterocycles. The summed E-state index contributed by atoms with van der Waals surface area (Å²) in [4.78, 5) is 12.1. The van der Waals surface area contributed by atoms with Crippen molar-refractivity contribution in [2.75, 3.05) is 7.11 Å². The Kier molecular flexibility index (Phi) is 5.96. The van der Waals surface area contributed by atoms with Crippen LogP contribution in [0, 0.1) is 17.1 Å². The molecule has 2 aromatic carbocycles. The molecule has 0 spiro atoms. The summed E-state index contributed by atoms with van der Waals surface area (Å²) in [5.74, 6) is -0.310. The lowest BCUT2D eigenvalue weighted by molar-refractivity contribution is 0.235. The predicted molar refractivity (Wildman–Crippen MR) is 92.6 cm³/mol. The number of halogens is 1. The average Bonchev–Trinajstić information content (AvgIpc) is 2.61. The molecule has 25 heavy (non-hydrogen) atoms. The first kappa shape index (κ1) is 18.3. The summed E-state index contributed by atoms with van der Waals surface area (Å²) in [6.07, 6.45) is 0. The lowest BCUT2D eigenvalue weighted by atomic mass is 10.1. The summed E-state index contributed by atoms with van der Waals surface area (Å²) in [5.41, 5.74) is 2.09. The standard InChI is InChI=1S/C19H20FN3O2/c1-12(15-6-4-14(11-21)5-7-15)22-19(24)23-13(2)16-8-9-18(25-3)17(20)10-16/h4-10,12-13H,1-3H3,(H2,22,23,24). The first-order valence-corrected chi connectivity index (χ1v) is 7.85. The zero-order valence-corrected chi connectivity index (χ0v) is 14.3. The molecule has 2 unspecified atom stereocenters. The highest BCUT2D eigenvalue weighted by Crippen LogP contribution is 2.21. The van der Waals surface area contributed by atoms with Crippen LogP contribution in [0.2, 0.25) is 0 Å². The Morgan fingerprint density at radius 1 is 1.08 bits per heavy atom. The monoisotopic (exact) mass is 341 g/mol. The van der Waals surface area contributed by atoms with Gasteiger partial charge in [-0.15, -0.1) is 0 Å². The molecule has 0 aromatic heterocycles. The van der Waals surface area contributed by atoms with Crippen molar-refractivity contribution in [1.82, 2.24) is 10.6 Å². The van der Waals surface area contributed by atoms with Crippen molar-refractivity contribution in [1.29, 1.82) is 5.26 Å². The van der Waals surface area contributed by atoms with E-state index in [4.69, 9.17) is 10.00 Å². The molecule has 0 aliphatic heterocycles. The van der Waals surface area contributed by atoms with Crippen molar-refractivity contribution in [2.45, 2.75) is 25.9 Å². The SMILES string of the molecule is COc1ccc(C(C)NC(=O)NC(C)c2ccc(C#N)cc2)cc1F. The van der Waals surface area contributed by atoms with Crippen molar-refractivity contribution in [3.63, 3.8) is 0 Å². The number of nitrogens with zero attached hydrogens (tertiary/aromatic N) is 1. The first-order valence-electron chi connectivity index (χ1n) is 7.85. The fourth-order valence-corrected chi connectivity index (χ4v) is 2.40. The fourth-order valence-electron chi connectivity index (χ4n) is 2.40. The van der Waals surface area contributed by atoms with E-state index in [0.717, 1.165) is 5.56 Å². The molecule has 0 radical (unpaired) electrons. The molecule has 5 nitrogen and oxygen atoms in total. The maximum absolute atomic E-state index is 13.8. The molecule has 2 aromatic rings. The van der Waals surface area contributed by atoms with E-state index < -0.39 is 5.82 Å². The van der Waals surface area contributed by atoms with E-state index in [1.54, 1.807) is 37.3 Å². The summed E-state index contributed by atoms with van der Waals surface area (Å²) in [6.45, 7) is 3.62. The summed E-state index contributed by atoms with van der Waals surface area (Å²) < 4.78 is 18.6. The minimum Gasteiger partial charge on any atom is -0.494 e. The van der Waals surface area contributed by atoms with Crippen molar-refractivity contribution in [2.24, 2.45) is 0 Å². The first-order chi connectivity index (χ1) is 11.9. The minimum atomic E-state index is -0.472. The van der Waals surface area contributed by atoms with Gasteiger partial charge in [-0.1, -0.05) is 18.2 Å². The number of hydrogen-bond acceptors (Lipinski definition) is 3. The molecule has 0 saturated carbocycles. The van der Waals surface area contributed by atoms with Crippen molar-refractivity contribution < 1.29 is 13.9 Å². The fraction of sp³-hybridized carbons (Fsp3) is 0.263. The van der Waals surface area contributed by atoms with E-state index in [9.17, 15) is 9.18 Å². The number of amides is 2. The van der Waals surface area contributed by atoms with Gasteiger partial charge in [0.15, 0.2) is 11.6 Å². The molecule has 2 rings (SSSR count). The van der Waals surface area contributed by atoms with Gasteiger partial charge in [0.2, 0.25) is 0 Å². The van der Waals surface area contributed by atoms with Gasteiger partial charge in [-0.3, -0.25) is 0 Å². The van der Waals surface area contributed by atoms with E-state index >= 15 is 0 Å². The summed E-state index contributed by atoms with van der Waals surface area (Å²) >= 11 is 0. The Bertz CT molecular complexity index is 784. The molecular weight excluding hydrogens is 321 g/mol. The quantitative estimate of drug-likeness (QED) is 0.868. The van der Waals surface area contributed by atoms with Crippen LogP contribution in [0.5, 0.6) is 5.75 Å². The highest BCUT2D eigenvalue weighted by Gasteiger charge is 2.14. The van der Waals surface area contributed by atoms with Crippen LogP contribution in [0.1, 0.15) is 42.6 Å². The molecule has 0 bridgehead atoms. The minimum absolute atomic E-state index is 0.162. The van der Waals surface area contributed by atoms with Crippen LogP contribution < -0.4 is 15.4 Å².